The number of nitrogens with one attached hydrogen (secondary N) is 1. The molecule has 0 radical (unpaired) electrons. The summed E-state index contributed by atoms with van der Waals surface area (Å²) in [6.07, 6.45) is -1.03. The van der Waals surface area contributed by atoms with Crippen molar-refractivity contribution in [3.8, 4) is 6.01 Å². The van der Waals surface area contributed by atoms with E-state index in [2.05, 4.69) is 4.98 Å². The van der Waals surface area contributed by atoms with Crippen molar-refractivity contribution in [3.05, 3.63) is 17.8 Å². The Morgan fingerprint density at radius 1 is 1.56 bits per heavy atom. The zero-order chi connectivity index (χ0) is 11.3. The number of nitrogens with zero attached hydrogens (tertiary/aromatic N) is 2. The third kappa shape index (κ3) is 1.19. The predicted octanol–water partition coefficient (Wildman–Crippen LogP) is -1.63. The summed E-state index contributed by atoms with van der Waals surface area (Å²) in [5, 5.41) is 26.3. The van der Waals surface area contributed by atoms with Crippen LogP contribution in [0.1, 0.15) is 6.23 Å². The van der Waals surface area contributed by atoms with Crippen molar-refractivity contribution in [2.24, 2.45) is 0 Å². The summed E-state index contributed by atoms with van der Waals surface area (Å²) >= 11 is 0. The Balaban J connectivity index is 2.07. The monoisotopic (exact) mass is 225 g/mol. The zero-order valence-corrected chi connectivity index (χ0v) is 8.28. The minimum absolute atomic E-state index is 0.0857. The van der Waals surface area contributed by atoms with Crippen LogP contribution in [0.3, 0.4) is 0 Å². The lowest BCUT2D eigenvalue weighted by atomic mass is 10.1. The van der Waals surface area contributed by atoms with Crippen molar-refractivity contribution in [1.29, 1.82) is 5.41 Å². The van der Waals surface area contributed by atoms with Gasteiger partial charge in [-0.05, 0) is 6.07 Å². The summed E-state index contributed by atoms with van der Waals surface area (Å²) in [5.41, 5.74) is 0.0857. The highest BCUT2D eigenvalue weighted by Crippen LogP contribution is 2.37. The molecule has 2 bridgehead atoms. The molecular weight excluding hydrogens is 214 g/mol. The predicted molar refractivity (Wildman–Crippen MR) is 49.5 cm³/mol. The van der Waals surface area contributed by atoms with E-state index >= 15 is 0 Å². The fraction of sp³-hybridized carbons (Fsp3) is 0.556. The number of fused-ring (bicyclic) bond motifs is 4. The summed E-state index contributed by atoms with van der Waals surface area (Å²) in [6, 6.07) is 1.72. The molecule has 2 aliphatic rings. The number of ether oxygens (including phenoxy) is 2. The van der Waals surface area contributed by atoms with E-state index in [9.17, 15) is 5.11 Å². The molecule has 3 N–H and O–H groups in total. The lowest BCUT2D eigenvalue weighted by Gasteiger charge is -2.27. The van der Waals surface area contributed by atoms with Gasteiger partial charge in [-0.2, -0.15) is 4.98 Å². The quantitative estimate of drug-likeness (QED) is 0.533. The molecule has 16 heavy (non-hydrogen) atoms. The summed E-state index contributed by atoms with van der Waals surface area (Å²) in [6.45, 7) is -0.222. The van der Waals surface area contributed by atoms with Gasteiger partial charge in [0.2, 0.25) is 0 Å². The molecule has 0 spiro atoms. The molecular formula is C9H11N3O4. The lowest BCUT2D eigenvalue weighted by Crippen LogP contribution is -2.43. The van der Waals surface area contributed by atoms with E-state index < -0.39 is 24.5 Å². The fourth-order valence-electron chi connectivity index (χ4n) is 2.06. The molecule has 1 fully saturated rings. The van der Waals surface area contributed by atoms with Crippen LogP contribution >= 0.6 is 0 Å². The summed E-state index contributed by atoms with van der Waals surface area (Å²) in [5.74, 6) is 0. The van der Waals surface area contributed by atoms with Gasteiger partial charge >= 0.3 is 6.01 Å². The average molecular weight is 225 g/mol. The summed E-state index contributed by atoms with van der Waals surface area (Å²) in [4.78, 5) is 3.89. The van der Waals surface area contributed by atoms with Crippen LogP contribution in [0.25, 0.3) is 0 Å². The van der Waals surface area contributed by atoms with Gasteiger partial charge in [-0.25, -0.2) is 0 Å². The van der Waals surface area contributed by atoms with Crippen LogP contribution in [0.15, 0.2) is 12.3 Å². The third-order valence-corrected chi connectivity index (χ3v) is 2.83. The number of hydrogen-bond donors (Lipinski definition) is 3. The fourth-order valence-corrected chi connectivity index (χ4v) is 2.06. The highest BCUT2D eigenvalue weighted by atomic mass is 16.6. The van der Waals surface area contributed by atoms with Crippen LogP contribution in [0.4, 0.5) is 0 Å². The standard InChI is InChI=1S/C9H11N3O4/c10-5-1-2-12-8-6(14)7(4(3-13)15-8)16-9(12)11-5/h1-2,4,6-8,10,13-14H,3H2/t4-,6-,7+,8-/m1/s1. The molecule has 1 aromatic heterocycles. The smallest absolute Gasteiger partial charge is 0.300 e. The molecule has 4 atom stereocenters. The van der Waals surface area contributed by atoms with E-state index in [1.807, 2.05) is 0 Å². The molecule has 0 aromatic carbocycles. The van der Waals surface area contributed by atoms with E-state index in [0.29, 0.717) is 0 Å². The van der Waals surface area contributed by atoms with Gasteiger partial charge in [0.05, 0.1) is 6.61 Å². The van der Waals surface area contributed by atoms with E-state index in [0.717, 1.165) is 0 Å². The first-order chi connectivity index (χ1) is 7.70. The van der Waals surface area contributed by atoms with Crippen molar-refractivity contribution in [1.82, 2.24) is 9.55 Å². The Morgan fingerprint density at radius 2 is 2.38 bits per heavy atom. The second kappa shape index (κ2) is 3.27. The van der Waals surface area contributed by atoms with Crippen LogP contribution in [-0.4, -0.2) is 44.7 Å². The first-order valence-corrected chi connectivity index (χ1v) is 4.95. The van der Waals surface area contributed by atoms with Crippen LogP contribution in [0.2, 0.25) is 0 Å². The van der Waals surface area contributed by atoms with E-state index in [1.165, 1.54) is 10.6 Å². The molecule has 0 saturated carbocycles. The molecule has 0 amide bonds. The number of hydrogen-bond acceptors (Lipinski definition) is 6. The van der Waals surface area contributed by atoms with Crippen molar-refractivity contribution < 1.29 is 19.7 Å². The number of aliphatic hydroxyl groups is 2. The minimum atomic E-state index is -0.826. The van der Waals surface area contributed by atoms with Gasteiger partial charge in [0, 0.05) is 6.20 Å². The Hall–Kier alpha value is -1.44. The first kappa shape index (κ1) is 9.76. The van der Waals surface area contributed by atoms with Crippen LogP contribution < -0.4 is 10.2 Å². The van der Waals surface area contributed by atoms with Gasteiger partial charge in [-0.15, -0.1) is 0 Å². The van der Waals surface area contributed by atoms with Gasteiger partial charge < -0.3 is 19.7 Å². The summed E-state index contributed by atoms with van der Waals surface area (Å²) in [7, 11) is 0. The molecule has 2 aliphatic heterocycles. The lowest BCUT2D eigenvalue weighted by molar-refractivity contribution is -0.0548. The minimum Gasteiger partial charge on any atom is -0.455 e. The topological polar surface area (TPSA) is 101 Å². The van der Waals surface area contributed by atoms with Gasteiger partial charge in [-0.1, -0.05) is 0 Å². The van der Waals surface area contributed by atoms with Crippen LogP contribution in [0, 0.1) is 5.41 Å². The van der Waals surface area contributed by atoms with Crippen molar-refractivity contribution in [3.63, 3.8) is 0 Å². The van der Waals surface area contributed by atoms with Gasteiger partial charge in [0.15, 0.2) is 17.8 Å². The van der Waals surface area contributed by atoms with Crippen LogP contribution in [-0.2, 0) is 4.74 Å². The summed E-state index contributed by atoms with van der Waals surface area (Å²) < 4.78 is 12.4. The van der Waals surface area contributed by atoms with Gasteiger partial charge in [0.25, 0.3) is 0 Å². The largest absolute Gasteiger partial charge is 0.455 e. The van der Waals surface area contributed by atoms with Crippen molar-refractivity contribution in [2.45, 2.75) is 24.5 Å². The molecule has 86 valence electrons. The molecule has 3 heterocycles. The third-order valence-electron chi connectivity index (χ3n) is 2.83. The maximum Gasteiger partial charge on any atom is 0.300 e. The second-order valence-corrected chi connectivity index (χ2v) is 3.82. The maximum absolute atomic E-state index is 9.87. The van der Waals surface area contributed by atoms with Crippen LogP contribution in [0.5, 0.6) is 6.01 Å². The number of aliphatic hydroxyl groups excluding tert-OH is 2. The van der Waals surface area contributed by atoms with E-state index in [4.69, 9.17) is 20.0 Å². The molecule has 7 heteroatoms. The maximum atomic E-state index is 9.87. The Labute approximate surface area is 90.4 Å². The number of rotatable bonds is 1. The highest BCUT2D eigenvalue weighted by Gasteiger charge is 2.50. The molecule has 0 aliphatic carbocycles. The SMILES string of the molecule is N=c1ccn2c(n1)O[C@@H]1[C@@H](O)[C@H]2O[C@@H]1CO. The van der Waals surface area contributed by atoms with Gasteiger partial charge in [-0.3, -0.25) is 9.98 Å². The highest BCUT2D eigenvalue weighted by molar-refractivity contribution is 5.09. The molecule has 7 nitrogen and oxygen atoms in total. The number of aromatic nitrogens is 2. The second-order valence-electron chi connectivity index (χ2n) is 3.82. The van der Waals surface area contributed by atoms with Crippen molar-refractivity contribution in [2.75, 3.05) is 6.61 Å². The molecule has 3 rings (SSSR count). The van der Waals surface area contributed by atoms with E-state index in [1.54, 1.807) is 6.20 Å². The Bertz CT molecular complexity index is 474. The van der Waals surface area contributed by atoms with Gasteiger partial charge in [0.1, 0.15) is 12.2 Å². The normalized spacial score (nSPS) is 35.6. The Morgan fingerprint density at radius 3 is 3.12 bits per heavy atom. The average Bonchev–Trinajstić information content (AvgIpc) is 2.49. The zero-order valence-electron chi connectivity index (χ0n) is 8.28. The molecule has 1 saturated heterocycles. The Kier molecular flexibility index (Phi) is 2.00. The molecule has 1 aromatic rings. The van der Waals surface area contributed by atoms with E-state index in [-0.39, 0.29) is 18.1 Å². The molecule has 0 unspecified atom stereocenters. The first-order valence-electron chi connectivity index (χ1n) is 4.95. The van der Waals surface area contributed by atoms with Crippen molar-refractivity contribution >= 4 is 0 Å².